The second kappa shape index (κ2) is 8.44. The minimum absolute atomic E-state index is 0.273. The number of carbonyl (C=O) groups excluding carboxylic acids is 1. The van der Waals surface area contributed by atoms with Crippen LogP contribution in [0.2, 0.25) is 0 Å². The summed E-state index contributed by atoms with van der Waals surface area (Å²) in [5.74, 6) is 0. The van der Waals surface area contributed by atoms with Crippen molar-refractivity contribution >= 4 is 11.8 Å². The molecule has 1 saturated heterocycles. The molecule has 0 bridgehead atoms. The molecule has 2 N–H and O–H groups in total. The van der Waals surface area contributed by atoms with Gasteiger partial charge in [0, 0.05) is 25.3 Å². The van der Waals surface area contributed by atoms with Crippen LogP contribution < -0.4 is 5.32 Å². The summed E-state index contributed by atoms with van der Waals surface area (Å²) in [4.78, 5) is 13.9. The van der Waals surface area contributed by atoms with E-state index in [9.17, 15) is 9.90 Å². The van der Waals surface area contributed by atoms with Crippen molar-refractivity contribution in [3.8, 4) is 0 Å². The fourth-order valence-corrected chi connectivity index (χ4v) is 3.21. The summed E-state index contributed by atoms with van der Waals surface area (Å²) in [5, 5.41) is 14.2. The van der Waals surface area contributed by atoms with Gasteiger partial charge in [-0.05, 0) is 55.5 Å². The number of ether oxygens (including phenoxy) is 1. The Morgan fingerprint density at radius 3 is 2.48 bits per heavy atom. The number of aryl methyl sites for hydroxylation is 2. The van der Waals surface area contributed by atoms with Crippen LogP contribution in [0, 0.1) is 13.8 Å². The summed E-state index contributed by atoms with van der Waals surface area (Å²) in [6.45, 7) is 5.91. The summed E-state index contributed by atoms with van der Waals surface area (Å²) >= 11 is 0. The highest BCUT2D eigenvalue weighted by Crippen LogP contribution is 2.24. The van der Waals surface area contributed by atoms with Gasteiger partial charge in [-0.2, -0.15) is 0 Å². The predicted molar refractivity (Wildman–Crippen MR) is 107 cm³/mol. The fourth-order valence-electron chi connectivity index (χ4n) is 3.21. The predicted octanol–water partition coefficient (Wildman–Crippen LogP) is 3.88. The smallest absolute Gasteiger partial charge is 0.410 e. The molecule has 0 spiro atoms. The molecule has 2 aromatic rings. The van der Waals surface area contributed by atoms with Gasteiger partial charge in [-0.25, -0.2) is 4.79 Å². The summed E-state index contributed by atoms with van der Waals surface area (Å²) in [6.07, 6.45) is 0.749. The van der Waals surface area contributed by atoms with E-state index >= 15 is 0 Å². The van der Waals surface area contributed by atoms with E-state index in [4.69, 9.17) is 4.74 Å². The molecule has 0 aliphatic carbocycles. The molecule has 1 amide bonds. The van der Waals surface area contributed by atoms with Crippen molar-refractivity contribution in [3.05, 3.63) is 65.2 Å². The quantitative estimate of drug-likeness (QED) is 0.841. The maximum absolute atomic E-state index is 12.2. The number of hydrogen-bond acceptors (Lipinski definition) is 4. The Balaban J connectivity index is 1.45. The highest BCUT2D eigenvalue weighted by Gasteiger charge is 2.34. The molecule has 0 unspecified atom stereocenters. The Bertz CT molecular complexity index is 768. The van der Waals surface area contributed by atoms with Crippen molar-refractivity contribution in [3.63, 3.8) is 0 Å². The first-order valence-corrected chi connectivity index (χ1v) is 9.44. The monoisotopic (exact) mass is 368 g/mol. The third kappa shape index (κ3) is 5.23. The van der Waals surface area contributed by atoms with Crippen molar-refractivity contribution in [1.82, 2.24) is 4.90 Å². The number of hydrogen-bond donors (Lipinski definition) is 2. The fraction of sp³-hybridized carbons (Fsp3) is 0.409. The van der Waals surface area contributed by atoms with Gasteiger partial charge in [0.15, 0.2) is 0 Å². The summed E-state index contributed by atoms with van der Waals surface area (Å²) in [6, 6.07) is 15.8. The van der Waals surface area contributed by atoms with E-state index < -0.39 is 5.60 Å². The van der Waals surface area contributed by atoms with Gasteiger partial charge in [-0.1, -0.05) is 36.4 Å². The highest BCUT2D eigenvalue weighted by atomic mass is 16.6. The molecular formula is C22H28N2O3. The third-order valence-electron chi connectivity index (χ3n) is 5.29. The number of nitrogens with zero attached hydrogens (tertiary/aromatic N) is 1. The third-order valence-corrected chi connectivity index (χ3v) is 5.29. The molecule has 1 aliphatic heterocycles. The van der Waals surface area contributed by atoms with Crippen LogP contribution in [-0.4, -0.2) is 41.3 Å². The molecule has 3 rings (SSSR count). The second-order valence-electron chi connectivity index (χ2n) is 7.40. The topological polar surface area (TPSA) is 61.8 Å². The Kier molecular flexibility index (Phi) is 6.01. The van der Waals surface area contributed by atoms with Gasteiger partial charge in [0.05, 0.1) is 5.60 Å². The van der Waals surface area contributed by atoms with E-state index in [1.165, 1.54) is 11.1 Å². The number of carbonyl (C=O) groups is 1. The maximum Gasteiger partial charge on any atom is 0.410 e. The van der Waals surface area contributed by atoms with Gasteiger partial charge in [-0.3, -0.25) is 0 Å². The van der Waals surface area contributed by atoms with Crippen molar-refractivity contribution < 1.29 is 14.6 Å². The number of likely N-dealkylation sites (tertiary alicyclic amines) is 1. The van der Waals surface area contributed by atoms with Crippen LogP contribution in [0.25, 0.3) is 0 Å². The molecule has 2 aromatic carbocycles. The first-order valence-electron chi connectivity index (χ1n) is 9.44. The van der Waals surface area contributed by atoms with Gasteiger partial charge in [-0.15, -0.1) is 0 Å². The molecule has 5 heteroatoms. The molecule has 0 radical (unpaired) electrons. The van der Waals surface area contributed by atoms with Crippen LogP contribution in [0.15, 0.2) is 48.5 Å². The lowest BCUT2D eigenvalue weighted by atomic mass is 9.91. The van der Waals surface area contributed by atoms with Crippen LogP contribution in [0.4, 0.5) is 10.5 Å². The molecule has 1 aliphatic rings. The van der Waals surface area contributed by atoms with E-state index in [0.29, 0.717) is 32.5 Å². The average molecular weight is 368 g/mol. The number of anilines is 1. The van der Waals surface area contributed by atoms with Gasteiger partial charge >= 0.3 is 6.09 Å². The normalized spacial score (nSPS) is 16.0. The molecule has 0 saturated carbocycles. The molecule has 5 nitrogen and oxygen atoms in total. The SMILES string of the molecule is Cc1ccc(NCC2(O)CCN(C(=O)OCc3ccccc3)CC2)cc1C. The first-order chi connectivity index (χ1) is 13.0. The average Bonchev–Trinajstić information content (AvgIpc) is 2.68. The Morgan fingerprint density at radius 2 is 1.81 bits per heavy atom. The molecule has 27 heavy (non-hydrogen) atoms. The van der Waals surface area contributed by atoms with Crippen LogP contribution in [0.1, 0.15) is 29.5 Å². The zero-order valence-corrected chi connectivity index (χ0v) is 16.1. The number of piperidine rings is 1. The highest BCUT2D eigenvalue weighted by molar-refractivity contribution is 5.67. The Labute approximate surface area is 161 Å². The van der Waals surface area contributed by atoms with E-state index in [1.807, 2.05) is 36.4 Å². The molecule has 144 valence electrons. The maximum atomic E-state index is 12.2. The lowest BCUT2D eigenvalue weighted by molar-refractivity contribution is -0.0110. The zero-order chi connectivity index (χ0) is 19.3. The van der Waals surface area contributed by atoms with Crippen LogP contribution >= 0.6 is 0 Å². The number of benzene rings is 2. The first kappa shape index (κ1) is 19.2. The van der Waals surface area contributed by atoms with E-state index in [1.54, 1.807) is 4.90 Å². The zero-order valence-electron chi connectivity index (χ0n) is 16.1. The van der Waals surface area contributed by atoms with Crippen molar-refractivity contribution in [1.29, 1.82) is 0 Å². The number of aliphatic hydroxyl groups is 1. The van der Waals surface area contributed by atoms with Crippen LogP contribution in [0.3, 0.4) is 0 Å². The van der Waals surface area contributed by atoms with Crippen molar-refractivity contribution in [2.24, 2.45) is 0 Å². The lowest BCUT2D eigenvalue weighted by Crippen LogP contribution is -2.50. The van der Waals surface area contributed by atoms with Gasteiger partial charge in [0.1, 0.15) is 6.61 Å². The standard InChI is InChI=1S/C22H28N2O3/c1-17-8-9-20(14-18(17)2)23-16-22(26)10-12-24(13-11-22)21(25)27-15-19-6-4-3-5-7-19/h3-9,14,23,26H,10-13,15-16H2,1-2H3. The van der Waals surface area contributed by atoms with Crippen LogP contribution in [0.5, 0.6) is 0 Å². The minimum atomic E-state index is -0.811. The van der Waals surface area contributed by atoms with E-state index in [2.05, 4.69) is 31.3 Å². The van der Waals surface area contributed by atoms with Crippen molar-refractivity contribution in [2.45, 2.75) is 38.9 Å². The molecule has 1 fully saturated rings. The van der Waals surface area contributed by atoms with Gasteiger partial charge < -0.3 is 20.1 Å². The summed E-state index contributed by atoms with van der Waals surface area (Å²) < 4.78 is 5.38. The minimum Gasteiger partial charge on any atom is -0.445 e. The lowest BCUT2D eigenvalue weighted by Gasteiger charge is -2.38. The summed E-state index contributed by atoms with van der Waals surface area (Å²) in [7, 11) is 0. The second-order valence-corrected chi connectivity index (χ2v) is 7.40. The molecule has 0 aromatic heterocycles. The molecular weight excluding hydrogens is 340 g/mol. The number of rotatable bonds is 5. The van der Waals surface area contributed by atoms with Gasteiger partial charge in [0.2, 0.25) is 0 Å². The van der Waals surface area contributed by atoms with Gasteiger partial charge in [0.25, 0.3) is 0 Å². The van der Waals surface area contributed by atoms with E-state index in [-0.39, 0.29) is 12.7 Å². The Morgan fingerprint density at radius 1 is 1.11 bits per heavy atom. The molecule has 0 atom stereocenters. The molecule has 1 heterocycles. The Hall–Kier alpha value is -2.53. The van der Waals surface area contributed by atoms with E-state index in [0.717, 1.165) is 11.3 Å². The van der Waals surface area contributed by atoms with Crippen molar-refractivity contribution in [2.75, 3.05) is 25.0 Å². The number of amides is 1. The largest absolute Gasteiger partial charge is 0.445 e. The number of nitrogens with one attached hydrogen (secondary N) is 1. The summed E-state index contributed by atoms with van der Waals surface area (Å²) in [5.41, 5.74) is 3.65. The van der Waals surface area contributed by atoms with Crippen LogP contribution in [-0.2, 0) is 11.3 Å².